The van der Waals surface area contributed by atoms with Crippen molar-refractivity contribution in [1.29, 1.82) is 0 Å². The number of hydrogen-bond donors (Lipinski definition) is 1. The summed E-state index contributed by atoms with van der Waals surface area (Å²) in [7, 11) is -1.96. The minimum Gasteiger partial charge on any atom is -0.454 e. The fourth-order valence-electron chi connectivity index (χ4n) is 4.56. The van der Waals surface area contributed by atoms with E-state index in [0.717, 1.165) is 29.0 Å². The Balaban J connectivity index is 1.68. The second-order valence-electron chi connectivity index (χ2n) is 10.9. The Morgan fingerprint density at radius 1 is 1.06 bits per heavy atom. The summed E-state index contributed by atoms with van der Waals surface area (Å²) >= 11 is 0. The molecule has 2 aromatic rings. The molecule has 0 fully saturated rings. The van der Waals surface area contributed by atoms with Crippen LogP contribution in [0.4, 0.5) is 0 Å². The standard InChI is InChI=1S/C28H38O5Si/c1-27(2,3)34(4,5)33-23-13-14-28(15-16-29,22-11-12-24-25(17-22)32-20-31-24)26(18-23)30-19-21-9-7-6-8-10-21/h6-14,17,23,26,29H,15-16,18-20H2,1-5H3/t23-,26-,28+/m0/s1. The lowest BCUT2D eigenvalue weighted by Crippen LogP contribution is -2.49. The van der Waals surface area contributed by atoms with Crippen LogP contribution in [-0.4, -0.2) is 39.0 Å². The van der Waals surface area contributed by atoms with E-state index in [1.54, 1.807) is 0 Å². The zero-order valence-electron chi connectivity index (χ0n) is 21.0. The molecule has 6 heteroatoms. The van der Waals surface area contributed by atoms with Crippen LogP contribution in [0, 0.1) is 0 Å². The first-order valence-electron chi connectivity index (χ1n) is 12.2. The first-order valence-corrected chi connectivity index (χ1v) is 15.1. The Labute approximate surface area is 204 Å². The summed E-state index contributed by atoms with van der Waals surface area (Å²) in [5.74, 6) is 1.49. The maximum atomic E-state index is 10.1. The van der Waals surface area contributed by atoms with Gasteiger partial charge in [0.2, 0.25) is 6.79 Å². The second-order valence-corrected chi connectivity index (χ2v) is 15.6. The van der Waals surface area contributed by atoms with E-state index in [-0.39, 0.29) is 30.6 Å². The van der Waals surface area contributed by atoms with Gasteiger partial charge in [0.15, 0.2) is 19.8 Å². The molecular weight excluding hydrogens is 444 g/mol. The van der Waals surface area contributed by atoms with Gasteiger partial charge in [0, 0.05) is 18.4 Å². The normalized spacial score (nSPS) is 24.4. The summed E-state index contributed by atoms with van der Waals surface area (Å²) in [5, 5.41) is 10.3. The van der Waals surface area contributed by atoms with Crippen molar-refractivity contribution < 1.29 is 23.7 Å². The molecule has 0 spiro atoms. The van der Waals surface area contributed by atoms with Crippen molar-refractivity contribution in [2.24, 2.45) is 0 Å². The number of ether oxygens (including phenoxy) is 3. The Kier molecular flexibility index (Phi) is 7.24. The van der Waals surface area contributed by atoms with Gasteiger partial charge in [-0.05, 0) is 47.8 Å². The molecule has 184 valence electrons. The van der Waals surface area contributed by atoms with Gasteiger partial charge in [0.05, 0.1) is 18.8 Å². The smallest absolute Gasteiger partial charge is 0.231 e. The summed E-state index contributed by atoms with van der Waals surface area (Å²) in [6, 6.07) is 16.3. The van der Waals surface area contributed by atoms with Crippen molar-refractivity contribution in [3.63, 3.8) is 0 Å². The van der Waals surface area contributed by atoms with Gasteiger partial charge < -0.3 is 23.7 Å². The van der Waals surface area contributed by atoms with Crippen molar-refractivity contribution >= 4 is 8.32 Å². The third-order valence-corrected chi connectivity index (χ3v) is 12.1. The Hall–Kier alpha value is -2.12. The van der Waals surface area contributed by atoms with Crippen LogP contribution in [0.2, 0.25) is 18.1 Å². The molecule has 0 bridgehead atoms. The lowest BCUT2D eigenvalue weighted by Gasteiger charge is -2.46. The van der Waals surface area contributed by atoms with Crippen molar-refractivity contribution in [2.75, 3.05) is 13.4 Å². The van der Waals surface area contributed by atoms with Crippen molar-refractivity contribution in [2.45, 2.75) is 76.0 Å². The van der Waals surface area contributed by atoms with E-state index >= 15 is 0 Å². The van der Waals surface area contributed by atoms with Crippen LogP contribution < -0.4 is 9.47 Å². The van der Waals surface area contributed by atoms with Crippen LogP contribution in [0.15, 0.2) is 60.7 Å². The summed E-state index contributed by atoms with van der Waals surface area (Å²) in [6.07, 6.45) is 5.48. The van der Waals surface area contributed by atoms with Crippen LogP contribution in [0.1, 0.15) is 44.7 Å². The topological polar surface area (TPSA) is 57.2 Å². The highest BCUT2D eigenvalue weighted by Crippen LogP contribution is 2.46. The van der Waals surface area contributed by atoms with Crippen LogP contribution >= 0.6 is 0 Å². The van der Waals surface area contributed by atoms with Gasteiger partial charge in [-0.1, -0.05) is 69.3 Å². The van der Waals surface area contributed by atoms with Crippen LogP contribution in [0.25, 0.3) is 0 Å². The number of benzene rings is 2. The molecule has 5 nitrogen and oxygen atoms in total. The van der Waals surface area contributed by atoms with Crippen LogP contribution in [0.3, 0.4) is 0 Å². The van der Waals surface area contributed by atoms with Crippen LogP contribution in [0.5, 0.6) is 11.5 Å². The molecule has 4 rings (SSSR count). The van der Waals surface area contributed by atoms with Gasteiger partial charge in [-0.3, -0.25) is 0 Å². The number of aliphatic hydroxyl groups is 1. The summed E-state index contributed by atoms with van der Waals surface area (Å²) in [4.78, 5) is 0. The minimum atomic E-state index is -1.96. The molecule has 1 aliphatic heterocycles. The lowest BCUT2D eigenvalue weighted by atomic mass is 9.68. The van der Waals surface area contributed by atoms with E-state index in [1.807, 2.05) is 30.3 Å². The Bertz CT molecular complexity index is 998. The molecule has 0 amide bonds. The maximum Gasteiger partial charge on any atom is 0.231 e. The van der Waals surface area contributed by atoms with E-state index in [0.29, 0.717) is 13.0 Å². The molecule has 1 heterocycles. The second kappa shape index (κ2) is 9.86. The first kappa shape index (κ1) is 25.0. The molecule has 1 aliphatic carbocycles. The average molecular weight is 483 g/mol. The predicted molar refractivity (Wildman–Crippen MR) is 137 cm³/mol. The summed E-state index contributed by atoms with van der Waals surface area (Å²) in [6.45, 7) is 12.1. The molecule has 0 saturated carbocycles. The predicted octanol–water partition coefficient (Wildman–Crippen LogP) is 5.97. The number of rotatable bonds is 8. The molecule has 0 saturated heterocycles. The van der Waals surface area contributed by atoms with E-state index in [4.69, 9.17) is 18.6 Å². The van der Waals surface area contributed by atoms with Gasteiger partial charge >= 0.3 is 0 Å². The summed E-state index contributed by atoms with van der Waals surface area (Å²) in [5.41, 5.74) is 1.70. The van der Waals surface area contributed by atoms with Crippen molar-refractivity contribution in [3.05, 3.63) is 71.8 Å². The maximum absolute atomic E-state index is 10.1. The quantitative estimate of drug-likeness (QED) is 0.371. The van der Waals surface area contributed by atoms with Gasteiger partial charge in [-0.15, -0.1) is 0 Å². The average Bonchev–Trinajstić information content (AvgIpc) is 3.27. The van der Waals surface area contributed by atoms with Gasteiger partial charge in [-0.2, -0.15) is 0 Å². The summed E-state index contributed by atoms with van der Waals surface area (Å²) < 4.78 is 24.6. The Morgan fingerprint density at radius 3 is 2.50 bits per heavy atom. The van der Waals surface area contributed by atoms with E-state index in [1.165, 1.54) is 0 Å². The van der Waals surface area contributed by atoms with Crippen molar-refractivity contribution in [3.8, 4) is 11.5 Å². The largest absolute Gasteiger partial charge is 0.454 e. The monoisotopic (exact) mass is 482 g/mol. The highest BCUT2D eigenvalue weighted by molar-refractivity contribution is 6.74. The zero-order chi connectivity index (χ0) is 24.4. The zero-order valence-corrected chi connectivity index (χ0v) is 22.0. The van der Waals surface area contributed by atoms with Gasteiger partial charge in [0.1, 0.15) is 0 Å². The molecule has 3 atom stereocenters. The molecule has 34 heavy (non-hydrogen) atoms. The molecule has 1 N–H and O–H groups in total. The highest BCUT2D eigenvalue weighted by Gasteiger charge is 2.46. The molecule has 0 aromatic heterocycles. The van der Waals surface area contributed by atoms with Crippen molar-refractivity contribution in [1.82, 2.24) is 0 Å². The van der Waals surface area contributed by atoms with Crippen LogP contribution in [-0.2, 0) is 21.2 Å². The number of fused-ring (bicyclic) bond motifs is 1. The van der Waals surface area contributed by atoms with E-state index < -0.39 is 13.7 Å². The third-order valence-electron chi connectivity index (χ3n) is 7.61. The van der Waals surface area contributed by atoms with Gasteiger partial charge in [0.25, 0.3) is 0 Å². The van der Waals surface area contributed by atoms with Gasteiger partial charge in [-0.25, -0.2) is 0 Å². The number of hydrogen-bond acceptors (Lipinski definition) is 5. The first-order chi connectivity index (χ1) is 16.1. The molecular formula is C28H38O5Si. The Morgan fingerprint density at radius 2 is 1.79 bits per heavy atom. The molecule has 0 unspecified atom stereocenters. The lowest BCUT2D eigenvalue weighted by molar-refractivity contribution is -0.0345. The third kappa shape index (κ3) is 5.10. The van der Waals surface area contributed by atoms with E-state index in [9.17, 15) is 5.11 Å². The minimum absolute atomic E-state index is 0.0255. The highest BCUT2D eigenvalue weighted by atomic mass is 28.4. The molecule has 2 aromatic carbocycles. The number of aliphatic hydroxyl groups excluding tert-OH is 1. The fourth-order valence-corrected chi connectivity index (χ4v) is 5.84. The van der Waals surface area contributed by atoms with E-state index in [2.05, 4.69) is 64.2 Å². The fraction of sp³-hybridized carbons (Fsp3) is 0.500. The molecule has 2 aliphatic rings. The molecule has 0 radical (unpaired) electrons. The SMILES string of the molecule is CC(C)(C)[Si](C)(C)O[C@H]1C=C[C@@](CCO)(c2ccc3c(c2)OCO3)[C@@H](OCc2ccccc2)C1.